The van der Waals surface area contributed by atoms with E-state index in [0.717, 1.165) is 16.7 Å². The predicted molar refractivity (Wildman–Crippen MR) is 118 cm³/mol. The van der Waals surface area contributed by atoms with Gasteiger partial charge in [0.2, 0.25) is 21.8 Å². The maximum atomic E-state index is 12.9. The van der Waals surface area contributed by atoms with Crippen LogP contribution in [0.5, 0.6) is 0 Å². The summed E-state index contributed by atoms with van der Waals surface area (Å²) in [7, 11) is -3.55. The van der Waals surface area contributed by atoms with Crippen molar-refractivity contribution >= 4 is 21.8 Å². The summed E-state index contributed by atoms with van der Waals surface area (Å²) >= 11 is 0. The summed E-state index contributed by atoms with van der Waals surface area (Å²) in [6, 6.07) is 13.8. The van der Waals surface area contributed by atoms with Gasteiger partial charge in [-0.2, -0.15) is 4.31 Å². The Morgan fingerprint density at radius 2 is 1.69 bits per heavy atom. The van der Waals surface area contributed by atoms with Crippen molar-refractivity contribution in [2.75, 3.05) is 26.3 Å². The lowest BCUT2D eigenvalue weighted by molar-refractivity contribution is -0.140. The molecule has 0 unspecified atom stereocenters. The number of ether oxygens (including phenoxy) is 1. The summed E-state index contributed by atoms with van der Waals surface area (Å²) in [5.41, 5.74) is 2.91. The number of carbonyl (C=O) groups excluding carboxylic acids is 2. The molecule has 0 spiro atoms. The molecular weight excluding hydrogens is 430 g/mol. The zero-order valence-electron chi connectivity index (χ0n) is 18.0. The number of benzene rings is 2. The Balaban J connectivity index is 1.41. The minimum absolute atomic E-state index is 0.141. The second kappa shape index (κ2) is 9.40. The first kappa shape index (κ1) is 22.4. The number of sulfonamides is 1. The molecule has 9 heteroatoms. The van der Waals surface area contributed by atoms with Gasteiger partial charge in [0.05, 0.1) is 18.1 Å². The quantitative estimate of drug-likeness (QED) is 0.730. The number of nitrogens with zero attached hydrogens (tertiary/aromatic N) is 2. The molecule has 2 aromatic carbocycles. The van der Waals surface area contributed by atoms with Gasteiger partial charge in [0.15, 0.2) is 0 Å². The molecule has 2 aliphatic rings. The highest BCUT2D eigenvalue weighted by Gasteiger charge is 2.33. The minimum Gasteiger partial charge on any atom is -0.379 e. The Kier molecular flexibility index (Phi) is 6.59. The average molecular weight is 458 g/mol. The summed E-state index contributed by atoms with van der Waals surface area (Å²) in [6.45, 7) is 3.62. The highest BCUT2D eigenvalue weighted by Crippen LogP contribution is 2.24. The van der Waals surface area contributed by atoms with Crippen LogP contribution >= 0.6 is 0 Å². The zero-order valence-corrected chi connectivity index (χ0v) is 18.8. The molecule has 2 aromatic rings. The molecule has 0 radical (unpaired) electrons. The predicted octanol–water partition coefficient (Wildman–Crippen LogP) is 1.30. The van der Waals surface area contributed by atoms with Gasteiger partial charge in [-0.15, -0.1) is 0 Å². The average Bonchev–Trinajstić information content (AvgIpc) is 2.82. The van der Waals surface area contributed by atoms with Crippen molar-refractivity contribution in [2.45, 2.75) is 37.4 Å². The molecule has 1 fully saturated rings. The standard InChI is InChI=1S/C23H27N3O5S/c1-17(27)26-16-20-5-3-2-4-19(20)14-22(26)23(28)24-15-18-6-8-21(9-7-18)32(29,30)25-10-12-31-13-11-25/h2-9,22H,10-16H2,1H3,(H,24,28)/t22-/m1/s1. The third-order valence-corrected chi connectivity index (χ3v) is 7.87. The second-order valence-electron chi connectivity index (χ2n) is 8.01. The molecule has 32 heavy (non-hydrogen) atoms. The lowest BCUT2D eigenvalue weighted by Crippen LogP contribution is -2.51. The molecule has 2 amide bonds. The zero-order chi connectivity index (χ0) is 22.7. The van der Waals surface area contributed by atoms with Crippen molar-refractivity contribution < 1.29 is 22.7 Å². The molecule has 1 atom stereocenters. The monoisotopic (exact) mass is 457 g/mol. The third-order valence-electron chi connectivity index (χ3n) is 5.95. The number of morpholine rings is 1. The highest BCUT2D eigenvalue weighted by atomic mass is 32.2. The van der Waals surface area contributed by atoms with E-state index in [0.29, 0.717) is 39.3 Å². The van der Waals surface area contributed by atoms with Crippen LogP contribution < -0.4 is 5.32 Å². The Morgan fingerprint density at radius 3 is 2.34 bits per heavy atom. The van der Waals surface area contributed by atoms with E-state index in [4.69, 9.17) is 4.74 Å². The number of hydrogen-bond acceptors (Lipinski definition) is 5. The summed E-state index contributed by atoms with van der Waals surface area (Å²) in [5.74, 6) is -0.364. The first-order valence-corrected chi connectivity index (χ1v) is 12.1. The van der Waals surface area contributed by atoms with Crippen LogP contribution in [0.3, 0.4) is 0 Å². The Morgan fingerprint density at radius 1 is 1.03 bits per heavy atom. The molecule has 0 aliphatic carbocycles. The Hall–Kier alpha value is -2.75. The first-order chi connectivity index (χ1) is 15.4. The largest absolute Gasteiger partial charge is 0.379 e. The molecule has 2 heterocycles. The van der Waals surface area contributed by atoms with Gasteiger partial charge in [-0.3, -0.25) is 9.59 Å². The van der Waals surface area contributed by atoms with Gasteiger partial charge in [-0.1, -0.05) is 36.4 Å². The van der Waals surface area contributed by atoms with Crippen LogP contribution in [-0.4, -0.2) is 61.8 Å². The van der Waals surface area contributed by atoms with E-state index in [1.54, 1.807) is 29.2 Å². The van der Waals surface area contributed by atoms with Crippen LogP contribution in [0.15, 0.2) is 53.4 Å². The smallest absolute Gasteiger partial charge is 0.243 e. The number of amides is 2. The first-order valence-electron chi connectivity index (χ1n) is 10.6. The topological polar surface area (TPSA) is 96.0 Å². The SMILES string of the molecule is CC(=O)N1Cc2ccccc2C[C@@H]1C(=O)NCc1ccc(S(=O)(=O)N2CCOCC2)cc1. The third kappa shape index (κ3) is 4.69. The van der Waals surface area contributed by atoms with Crippen LogP contribution in [0.25, 0.3) is 0 Å². The number of rotatable bonds is 5. The van der Waals surface area contributed by atoms with Crippen molar-refractivity contribution in [3.63, 3.8) is 0 Å². The summed E-state index contributed by atoms with van der Waals surface area (Å²) in [6.07, 6.45) is 0.471. The van der Waals surface area contributed by atoms with Crippen LogP contribution in [0, 0.1) is 0 Å². The fourth-order valence-corrected chi connectivity index (χ4v) is 5.52. The van der Waals surface area contributed by atoms with Gasteiger partial charge in [0, 0.05) is 39.5 Å². The van der Waals surface area contributed by atoms with Gasteiger partial charge in [0.1, 0.15) is 6.04 Å². The van der Waals surface area contributed by atoms with Crippen molar-refractivity contribution in [3.8, 4) is 0 Å². The maximum absolute atomic E-state index is 12.9. The molecule has 0 saturated carbocycles. The maximum Gasteiger partial charge on any atom is 0.243 e. The molecule has 1 saturated heterocycles. The van der Waals surface area contributed by atoms with Gasteiger partial charge in [0.25, 0.3) is 0 Å². The summed E-state index contributed by atoms with van der Waals surface area (Å²) < 4.78 is 32.1. The van der Waals surface area contributed by atoms with E-state index in [9.17, 15) is 18.0 Å². The molecule has 0 bridgehead atoms. The summed E-state index contributed by atoms with van der Waals surface area (Å²) in [5, 5.41) is 2.90. The van der Waals surface area contributed by atoms with E-state index in [1.165, 1.54) is 11.2 Å². The van der Waals surface area contributed by atoms with Crippen LogP contribution in [0.2, 0.25) is 0 Å². The number of hydrogen-bond donors (Lipinski definition) is 1. The Bertz CT molecular complexity index is 1090. The van der Waals surface area contributed by atoms with E-state index in [1.807, 2.05) is 24.3 Å². The van der Waals surface area contributed by atoms with Gasteiger partial charge in [-0.25, -0.2) is 8.42 Å². The van der Waals surface area contributed by atoms with Crippen molar-refractivity contribution in [1.29, 1.82) is 0 Å². The molecule has 0 aromatic heterocycles. The molecule has 4 rings (SSSR count). The molecule has 8 nitrogen and oxygen atoms in total. The number of nitrogens with one attached hydrogen (secondary N) is 1. The molecule has 170 valence electrons. The van der Waals surface area contributed by atoms with E-state index < -0.39 is 16.1 Å². The number of carbonyl (C=O) groups is 2. The Labute approximate surface area is 188 Å². The minimum atomic E-state index is -3.55. The van der Waals surface area contributed by atoms with Gasteiger partial charge >= 0.3 is 0 Å². The van der Waals surface area contributed by atoms with E-state index in [-0.39, 0.29) is 23.3 Å². The highest BCUT2D eigenvalue weighted by molar-refractivity contribution is 7.89. The van der Waals surface area contributed by atoms with Crippen molar-refractivity contribution in [1.82, 2.24) is 14.5 Å². The van der Waals surface area contributed by atoms with E-state index >= 15 is 0 Å². The lowest BCUT2D eigenvalue weighted by Gasteiger charge is -2.35. The van der Waals surface area contributed by atoms with Crippen LogP contribution in [-0.2, 0) is 43.9 Å². The molecular formula is C23H27N3O5S. The second-order valence-corrected chi connectivity index (χ2v) is 9.95. The van der Waals surface area contributed by atoms with E-state index in [2.05, 4.69) is 5.32 Å². The van der Waals surface area contributed by atoms with Crippen LogP contribution in [0.1, 0.15) is 23.6 Å². The fourth-order valence-electron chi connectivity index (χ4n) is 4.11. The molecule has 1 N–H and O–H groups in total. The number of fused-ring (bicyclic) bond motifs is 1. The lowest BCUT2D eigenvalue weighted by atomic mass is 9.93. The van der Waals surface area contributed by atoms with Gasteiger partial charge in [-0.05, 0) is 28.8 Å². The van der Waals surface area contributed by atoms with Gasteiger partial charge < -0.3 is 15.0 Å². The van der Waals surface area contributed by atoms with Crippen molar-refractivity contribution in [3.05, 3.63) is 65.2 Å². The summed E-state index contributed by atoms with van der Waals surface area (Å²) in [4.78, 5) is 26.9. The fraction of sp³-hybridized carbons (Fsp3) is 0.391. The normalized spacial score (nSPS) is 19.3. The van der Waals surface area contributed by atoms with Crippen molar-refractivity contribution in [2.24, 2.45) is 0 Å². The molecule has 2 aliphatic heterocycles. The van der Waals surface area contributed by atoms with Crippen LogP contribution in [0.4, 0.5) is 0 Å².